The van der Waals surface area contributed by atoms with Gasteiger partial charge in [0, 0.05) is 23.8 Å². The number of nitrogens with one attached hydrogen (secondary N) is 3. The monoisotopic (exact) mass is 247 g/mol. The Hall–Kier alpha value is -2.44. The highest BCUT2D eigenvalue weighted by Gasteiger charge is 1.75. The van der Waals surface area contributed by atoms with Crippen LogP contribution in [0, 0.1) is 20.8 Å². The molecule has 0 unspecified atom stereocenters. The minimum absolute atomic E-state index is 0.856. The zero-order valence-corrected chi connectivity index (χ0v) is 10.7. The SMILES string of the molecule is Cc1cnc[nH]1.Cc1cnc[nH]1.Cc1ncn[nH]1. The molecule has 18 heavy (non-hydrogen) atoms. The molecule has 3 aromatic rings. The first kappa shape index (κ1) is 13.6. The Labute approximate surface area is 105 Å². The average molecular weight is 247 g/mol. The third-order valence-corrected chi connectivity index (χ3v) is 1.81. The smallest absolute Gasteiger partial charge is 0.137 e. The third kappa shape index (κ3) is 6.21. The Morgan fingerprint density at radius 2 is 1.44 bits per heavy atom. The van der Waals surface area contributed by atoms with Gasteiger partial charge in [0.25, 0.3) is 0 Å². The molecular weight excluding hydrogens is 230 g/mol. The van der Waals surface area contributed by atoms with Gasteiger partial charge in [-0.05, 0) is 20.8 Å². The van der Waals surface area contributed by atoms with Gasteiger partial charge in [-0.25, -0.2) is 15.0 Å². The van der Waals surface area contributed by atoms with Gasteiger partial charge in [0.2, 0.25) is 0 Å². The van der Waals surface area contributed by atoms with Crippen LogP contribution < -0.4 is 0 Å². The molecule has 0 radical (unpaired) electrons. The van der Waals surface area contributed by atoms with E-state index in [-0.39, 0.29) is 0 Å². The van der Waals surface area contributed by atoms with E-state index in [4.69, 9.17) is 0 Å². The molecule has 7 heteroatoms. The Morgan fingerprint density at radius 3 is 1.56 bits per heavy atom. The highest BCUT2D eigenvalue weighted by molar-refractivity contribution is 4.88. The van der Waals surface area contributed by atoms with Gasteiger partial charge in [0.15, 0.2) is 0 Å². The van der Waals surface area contributed by atoms with Crippen LogP contribution in [0.25, 0.3) is 0 Å². The van der Waals surface area contributed by atoms with Crippen molar-refractivity contribution >= 4 is 0 Å². The van der Waals surface area contributed by atoms with Gasteiger partial charge in [-0.15, -0.1) is 0 Å². The molecule has 0 fully saturated rings. The molecule has 0 saturated carbocycles. The zero-order chi connectivity index (χ0) is 13.2. The predicted molar refractivity (Wildman–Crippen MR) is 67.8 cm³/mol. The third-order valence-electron chi connectivity index (χ3n) is 1.81. The number of aromatic amines is 3. The van der Waals surface area contributed by atoms with Crippen molar-refractivity contribution in [2.24, 2.45) is 0 Å². The quantitative estimate of drug-likeness (QED) is 0.561. The Kier molecular flexibility index (Phi) is 5.88. The molecule has 96 valence electrons. The lowest BCUT2D eigenvalue weighted by Crippen LogP contribution is -1.68. The Balaban J connectivity index is 0.000000135. The number of H-pyrrole nitrogens is 3. The van der Waals surface area contributed by atoms with Crippen LogP contribution in [-0.2, 0) is 0 Å². The maximum absolute atomic E-state index is 3.77. The van der Waals surface area contributed by atoms with E-state index in [0.717, 1.165) is 17.2 Å². The topological polar surface area (TPSA) is 98.9 Å². The van der Waals surface area contributed by atoms with E-state index in [2.05, 4.69) is 35.1 Å². The lowest BCUT2D eigenvalue weighted by atomic mass is 10.6. The molecule has 7 nitrogen and oxygen atoms in total. The summed E-state index contributed by atoms with van der Waals surface area (Å²) in [6.45, 7) is 5.78. The lowest BCUT2D eigenvalue weighted by molar-refractivity contribution is 1.04. The van der Waals surface area contributed by atoms with Crippen LogP contribution in [0.1, 0.15) is 17.2 Å². The van der Waals surface area contributed by atoms with E-state index in [1.807, 2.05) is 20.8 Å². The van der Waals surface area contributed by atoms with Gasteiger partial charge in [-0.2, -0.15) is 5.10 Å². The van der Waals surface area contributed by atoms with Crippen molar-refractivity contribution in [2.45, 2.75) is 20.8 Å². The first-order valence-corrected chi connectivity index (χ1v) is 5.40. The molecule has 0 saturated heterocycles. The normalized spacial score (nSPS) is 8.83. The van der Waals surface area contributed by atoms with Crippen LogP contribution in [0.3, 0.4) is 0 Å². The molecule has 0 spiro atoms. The molecule has 3 aromatic heterocycles. The lowest BCUT2D eigenvalue weighted by Gasteiger charge is -1.67. The second-order valence-electron chi connectivity index (χ2n) is 3.54. The number of aromatic nitrogens is 7. The number of nitrogens with zero attached hydrogens (tertiary/aromatic N) is 4. The van der Waals surface area contributed by atoms with Crippen LogP contribution in [0.4, 0.5) is 0 Å². The van der Waals surface area contributed by atoms with E-state index in [0.29, 0.717) is 0 Å². The summed E-state index contributed by atoms with van der Waals surface area (Å²) >= 11 is 0. The van der Waals surface area contributed by atoms with Crippen molar-refractivity contribution in [3.63, 3.8) is 0 Å². The van der Waals surface area contributed by atoms with Crippen molar-refractivity contribution in [3.05, 3.63) is 48.6 Å². The van der Waals surface area contributed by atoms with Gasteiger partial charge in [0.1, 0.15) is 12.2 Å². The molecule has 0 amide bonds. The summed E-state index contributed by atoms with van der Waals surface area (Å²) in [6, 6.07) is 0. The summed E-state index contributed by atoms with van der Waals surface area (Å²) in [6.07, 6.45) is 8.36. The van der Waals surface area contributed by atoms with Crippen molar-refractivity contribution in [2.75, 3.05) is 0 Å². The molecule has 0 aliphatic carbocycles. The molecule has 3 rings (SSSR count). The maximum atomic E-state index is 3.77. The van der Waals surface area contributed by atoms with Crippen LogP contribution in [-0.4, -0.2) is 35.1 Å². The van der Waals surface area contributed by atoms with Gasteiger partial charge >= 0.3 is 0 Å². The van der Waals surface area contributed by atoms with E-state index in [1.165, 1.54) is 6.33 Å². The minimum Gasteiger partial charge on any atom is -0.349 e. The molecule has 3 heterocycles. The molecule has 0 aromatic carbocycles. The highest BCUT2D eigenvalue weighted by Crippen LogP contribution is 1.81. The number of rotatable bonds is 0. The molecule has 0 aliphatic rings. The number of aryl methyl sites for hydroxylation is 3. The van der Waals surface area contributed by atoms with Crippen molar-refractivity contribution in [1.82, 2.24) is 35.1 Å². The molecule has 0 bridgehead atoms. The number of hydrogen-bond donors (Lipinski definition) is 3. The number of hydrogen-bond acceptors (Lipinski definition) is 4. The Morgan fingerprint density at radius 1 is 0.889 bits per heavy atom. The van der Waals surface area contributed by atoms with Crippen molar-refractivity contribution in [1.29, 1.82) is 0 Å². The predicted octanol–water partition coefficient (Wildman–Crippen LogP) is 1.55. The molecule has 0 aliphatic heterocycles. The molecule has 0 atom stereocenters. The van der Waals surface area contributed by atoms with E-state index >= 15 is 0 Å². The molecular formula is C11H17N7. The summed E-state index contributed by atoms with van der Waals surface area (Å²) in [4.78, 5) is 17.1. The van der Waals surface area contributed by atoms with E-state index in [9.17, 15) is 0 Å². The second-order valence-corrected chi connectivity index (χ2v) is 3.54. The van der Waals surface area contributed by atoms with Gasteiger partial charge in [0.05, 0.1) is 12.7 Å². The van der Waals surface area contributed by atoms with E-state index < -0.39 is 0 Å². The summed E-state index contributed by atoms with van der Waals surface area (Å²) in [5, 5.41) is 6.22. The average Bonchev–Trinajstić information content (AvgIpc) is 3.05. The van der Waals surface area contributed by atoms with Crippen molar-refractivity contribution < 1.29 is 0 Å². The first-order valence-electron chi connectivity index (χ1n) is 5.40. The fraction of sp³-hybridized carbons (Fsp3) is 0.273. The number of imidazole rings is 2. The fourth-order valence-electron chi connectivity index (χ4n) is 0.917. The minimum atomic E-state index is 0.856. The summed E-state index contributed by atoms with van der Waals surface area (Å²) in [5.74, 6) is 0.856. The van der Waals surface area contributed by atoms with Gasteiger partial charge < -0.3 is 9.97 Å². The van der Waals surface area contributed by atoms with Gasteiger partial charge in [-0.1, -0.05) is 0 Å². The van der Waals surface area contributed by atoms with Crippen LogP contribution >= 0.6 is 0 Å². The maximum Gasteiger partial charge on any atom is 0.137 e. The summed E-state index contributed by atoms with van der Waals surface area (Å²) in [7, 11) is 0. The van der Waals surface area contributed by atoms with Crippen LogP contribution in [0.2, 0.25) is 0 Å². The van der Waals surface area contributed by atoms with Crippen molar-refractivity contribution in [3.8, 4) is 0 Å². The Bertz CT molecular complexity index is 405. The largest absolute Gasteiger partial charge is 0.349 e. The first-order chi connectivity index (χ1) is 8.68. The zero-order valence-electron chi connectivity index (χ0n) is 10.7. The summed E-state index contributed by atoms with van der Waals surface area (Å²) < 4.78 is 0. The second kappa shape index (κ2) is 7.77. The van der Waals surface area contributed by atoms with Crippen LogP contribution in [0.15, 0.2) is 31.4 Å². The highest BCUT2D eigenvalue weighted by atomic mass is 15.2. The standard InChI is InChI=1S/2C4H6N2.C3H5N3/c2*1-4-2-5-3-6-4;1-3-4-2-5-6-3/h2*2-3H,1H3,(H,5,6);2H,1H3,(H,4,5,6). The van der Waals surface area contributed by atoms with E-state index in [1.54, 1.807) is 25.0 Å². The summed E-state index contributed by atoms with van der Waals surface area (Å²) in [5.41, 5.74) is 2.21. The van der Waals surface area contributed by atoms with Crippen LogP contribution in [0.5, 0.6) is 0 Å². The molecule has 3 N–H and O–H groups in total. The van der Waals surface area contributed by atoms with Gasteiger partial charge in [-0.3, -0.25) is 5.10 Å². The fourth-order valence-corrected chi connectivity index (χ4v) is 0.917.